The van der Waals surface area contributed by atoms with Gasteiger partial charge in [-0.05, 0) is 43.0 Å². The molecule has 0 radical (unpaired) electrons. The van der Waals surface area contributed by atoms with Crippen molar-refractivity contribution in [1.82, 2.24) is 15.0 Å². The lowest BCUT2D eigenvalue weighted by Gasteiger charge is -2.08. The topological polar surface area (TPSA) is 56.7 Å². The van der Waals surface area contributed by atoms with Crippen molar-refractivity contribution in [3.05, 3.63) is 40.8 Å². The summed E-state index contributed by atoms with van der Waals surface area (Å²) in [5.41, 5.74) is 8.80. The Morgan fingerprint density at radius 2 is 2.22 bits per heavy atom. The van der Waals surface area contributed by atoms with Gasteiger partial charge in [-0.15, -0.1) is 5.10 Å². The average molecular weight is 246 g/mol. The van der Waals surface area contributed by atoms with Crippen molar-refractivity contribution in [2.24, 2.45) is 0 Å². The number of nitrogens with two attached hydrogens (primary N) is 1. The maximum atomic E-state index is 13.3. The number of nitrogens with zero attached hydrogens (tertiary/aromatic N) is 3. The van der Waals surface area contributed by atoms with E-state index < -0.39 is 0 Å². The summed E-state index contributed by atoms with van der Waals surface area (Å²) in [6, 6.07) is 4.79. The number of halogens is 1. The van der Waals surface area contributed by atoms with Crippen LogP contribution in [-0.2, 0) is 6.54 Å². The van der Waals surface area contributed by atoms with Crippen LogP contribution in [0.4, 0.5) is 10.2 Å². The maximum Gasteiger partial charge on any atom is 0.169 e. The van der Waals surface area contributed by atoms with E-state index in [1.165, 1.54) is 6.07 Å². The van der Waals surface area contributed by atoms with Crippen molar-refractivity contribution in [1.29, 1.82) is 0 Å². The second-order valence-electron chi connectivity index (χ2n) is 4.86. The van der Waals surface area contributed by atoms with Crippen LogP contribution >= 0.6 is 0 Å². The van der Waals surface area contributed by atoms with Crippen molar-refractivity contribution in [3.8, 4) is 0 Å². The first-order chi connectivity index (χ1) is 8.65. The quantitative estimate of drug-likeness (QED) is 0.903. The number of hydrogen-bond donors (Lipinski definition) is 1. The molecule has 2 N–H and O–H groups in total. The van der Waals surface area contributed by atoms with Crippen molar-refractivity contribution < 1.29 is 4.39 Å². The minimum Gasteiger partial charge on any atom is -0.381 e. The fourth-order valence-electron chi connectivity index (χ4n) is 2.20. The zero-order chi connectivity index (χ0) is 12.7. The lowest BCUT2D eigenvalue weighted by Crippen LogP contribution is -2.08. The molecule has 18 heavy (non-hydrogen) atoms. The Hall–Kier alpha value is -1.91. The lowest BCUT2D eigenvalue weighted by molar-refractivity contribution is 0.600. The van der Waals surface area contributed by atoms with Gasteiger partial charge in [0.15, 0.2) is 5.82 Å². The normalized spacial score (nSPS) is 15.0. The van der Waals surface area contributed by atoms with E-state index in [1.54, 1.807) is 16.8 Å². The molecular formula is C13H15FN4. The van der Waals surface area contributed by atoms with Crippen molar-refractivity contribution in [2.75, 3.05) is 5.73 Å². The molecule has 4 nitrogen and oxygen atoms in total. The van der Waals surface area contributed by atoms with E-state index in [4.69, 9.17) is 5.73 Å². The highest BCUT2D eigenvalue weighted by Gasteiger charge is 2.30. The Morgan fingerprint density at radius 3 is 2.94 bits per heavy atom. The molecule has 3 rings (SSSR count). The molecule has 1 aliphatic carbocycles. The molecule has 0 atom stereocenters. The Bertz CT molecular complexity index is 587. The summed E-state index contributed by atoms with van der Waals surface area (Å²) in [4.78, 5) is 0. The van der Waals surface area contributed by atoms with Crippen molar-refractivity contribution in [2.45, 2.75) is 32.2 Å². The number of anilines is 1. The molecule has 1 saturated carbocycles. The molecular weight excluding hydrogens is 231 g/mol. The molecule has 0 saturated heterocycles. The Labute approximate surface area is 105 Å². The van der Waals surface area contributed by atoms with E-state index in [1.807, 2.05) is 6.92 Å². The molecule has 94 valence electrons. The lowest BCUT2D eigenvalue weighted by atomic mass is 10.1. The van der Waals surface area contributed by atoms with Gasteiger partial charge in [-0.2, -0.15) is 0 Å². The van der Waals surface area contributed by atoms with Crippen LogP contribution in [0.15, 0.2) is 18.2 Å². The molecule has 0 bridgehead atoms. The Morgan fingerprint density at radius 1 is 1.44 bits per heavy atom. The molecule has 1 aromatic carbocycles. The predicted molar refractivity (Wildman–Crippen MR) is 66.6 cm³/mol. The predicted octanol–water partition coefficient (Wildman–Crippen LogP) is 2.23. The number of rotatable bonds is 3. The zero-order valence-corrected chi connectivity index (χ0v) is 10.2. The first kappa shape index (κ1) is 11.2. The van der Waals surface area contributed by atoms with Crippen LogP contribution in [0.3, 0.4) is 0 Å². The van der Waals surface area contributed by atoms with Gasteiger partial charge in [0.25, 0.3) is 0 Å². The van der Waals surface area contributed by atoms with Crippen molar-refractivity contribution >= 4 is 5.82 Å². The number of aromatic nitrogens is 3. The summed E-state index contributed by atoms with van der Waals surface area (Å²) < 4.78 is 15.1. The first-order valence-electron chi connectivity index (χ1n) is 6.09. The van der Waals surface area contributed by atoms with Gasteiger partial charge in [-0.3, -0.25) is 0 Å². The molecule has 0 unspecified atom stereocenters. The van der Waals surface area contributed by atoms with Crippen LogP contribution < -0.4 is 5.73 Å². The maximum absolute atomic E-state index is 13.3. The SMILES string of the molecule is Cc1ccc(F)cc1Cn1nnc(N)c1C1CC1. The molecule has 1 heterocycles. The molecule has 1 aliphatic rings. The molecule has 2 aromatic rings. The van der Waals surface area contributed by atoms with E-state index in [0.717, 1.165) is 29.7 Å². The minimum absolute atomic E-state index is 0.225. The third-order valence-electron chi connectivity index (χ3n) is 3.40. The molecule has 0 spiro atoms. The highest BCUT2D eigenvalue weighted by molar-refractivity contribution is 5.39. The van der Waals surface area contributed by atoms with Crippen molar-refractivity contribution in [3.63, 3.8) is 0 Å². The van der Waals surface area contributed by atoms with Gasteiger partial charge in [-0.25, -0.2) is 9.07 Å². The van der Waals surface area contributed by atoms with Crippen LogP contribution in [0, 0.1) is 12.7 Å². The number of benzene rings is 1. The molecule has 1 fully saturated rings. The van der Waals surface area contributed by atoms with Gasteiger partial charge in [-0.1, -0.05) is 11.3 Å². The Balaban J connectivity index is 1.94. The first-order valence-corrected chi connectivity index (χ1v) is 6.09. The van der Waals surface area contributed by atoms with E-state index >= 15 is 0 Å². The van der Waals surface area contributed by atoms with Crippen LogP contribution in [0.25, 0.3) is 0 Å². The van der Waals surface area contributed by atoms with Gasteiger partial charge in [0.1, 0.15) is 5.82 Å². The summed E-state index contributed by atoms with van der Waals surface area (Å²) in [6.45, 7) is 2.49. The minimum atomic E-state index is -0.225. The van der Waals surface area contributed by atoms with E-state index in [-0.39, 0.29) is 5.82 Å². The van der Waals surface area contributed by atoms with Gasteiger partial charge >= 0.3 is 0 Å². The third kappa shape index (κ3) is 1.96. The van der Waals surface area contributed by atoms with Gasteiger partial charge in [0, 0.05) is 5.92 Å². The highest BCUT2D eigenvalue weighted by Crippen LogP contribution is 2.42. The second kappa shape index (κ2) is 4.08. The van der Waals surface area contributed by atoms with E-state index in [0.29, 0.717) is 18.3 Å². The third-order valence-corrected chi connectivity index (χ3v) is 3.40. The second-order valence-corrected chi connectivity index (χ2v) is 4.86. The standard InChI is InChI=1S/C13H15FN4/c1-8-2-5-11(14)6-10(8)7-18-12(9-3-4-9)13(15)16-17-18/h2,5-6,9H,3-4,7,15H2,1H3. The smallest absolute Gasteiger partial charge is 0.169 e. The molecule has 5 heteroatoms. The molecule has 0 amide bonds. The Kier molecular flexibility index (Phi) is 2.54. The largest absolute Gasteiger partial charge is 0.381 e. The van der Waals surface area contributed by atoms with E-state index in [2.05, 4.69) is 10.3 Å². The van der Waals surface area contributed by atoms with Gasteiger partial charge < -0.3 is 5.73 Å². The summed E-state index contributed by atoms with van der Waals surface area (Å²) in [5, 5.41) is 7.99. The van der Waals surface area contributed by atoms with Gasteiger partial charge in [0.2, 0.25) is 0 Å². The van der Waals surface area contributed by atoms with Crippen LogP contribution in [0.1, 0.15) is 35.6 Å². The summed E-state index contributed by atoms with van der Waals surface area (Å²) in [5.74, 6) is 0.761. The number of hydrogen-bond acceptors (Lipinski definition) is 3. The number of aryl methyl sites for hydroxylation is 1. The van der Waals surface area contributed by atoms with Gasteiger partial charge in [0.05, 0.1) is 12.2 Å². The van der Waals surface area contributed by atoms with E-state index in [9.17, 15) is 4.39 Å². The highest BCUT2D eigenvalue weighted by atomic mass is 19.1. The van der Waals surface area contributed by atoms with Crippen LogP contribution in [0.2, 0.25) is 0 Å². The summed E-state index contributed by atoms with van der Waals surface area (Å²) in [7, 11) is 0. The zero-order valence-electron chi connectivity index (χ0n) is 10.2. The fourth-order valence-corrected chi connectivity index (χ4v) is 2.20. The summed E-state index contributed by atoms with van der Waals surface area (Å²) >= 11 is 0. The number of nitrogen functional groups attached to an aromatic ring is 1. The summed E-state index contributed by atoms with van der Waals surface area (Å²) in [6.07, 6.45) is 2.28. The molecule has 1 aromatic heterocycles. The monoisotopic (exact) mass is 246 g/mol. The fraction of sp³-hybridized carbons (Fsp3) is 0.385. The molecule has 0 aliphatic heterocycles. The average Bonchev–Trinajstić information content (AvgIpc) is 3.10. The van der Waals surface area contributed by atoms with Crippen LogP contribution in [-0.4, -0.2) is 15.0 Å². The van der Waals surface area contributed by atoms with Crippen LogP contribution in [0.5, 0.6) is 0 Å².